The molecule has 0 unspecified atom stereocenters. The number of benzene rings is 1. The normalized spacial score (nSPS) is 9.79. The van der Waals surface area contributed by atoms with Gasteiger partial charge in [-0.1, -0.05) is 6.07 Å². The van der Waals surface area contributed by atoms with E-state index in [4.69, 9.17) is 5.73 Å². The smallest absolute Gasteiger partial charge is 0.274 e. The van der Waals surface area contributed by atoms with E-state index >= 15 is 0 Å². The first-order valence-corrected chi connectivity index (χ1v) is 4.79. The highest BCUT2D eigenvalue weighted by Gasteiger charge is 2.15. The molecule has 0 aromatic heterocycles. The molecule has 0 spiro atoms. The van der Waals surface area contributed by atoms with Crippen LogP contribution in [0, 0.1) is 13.7 Å². The molecule has 0 radical (unpaired) electrons. The zero-order valence-corrected chi connectivity index (χ0v) is 9.22. The molecule has 1 amide bonds. The summed E-state index contributed by atoms with van der Waals surface area (Å²) in [6, 6.07) is 4.66. The van der Waals surface area contributed by atoms with Crippen LogP contribution in [0.1, 0.15) is 5.56 Å². The van der Waals surface area contributed by atoms with Gasteiger partial charge in [0.1, 0.15) is 0 Å². The average Bonchev–Trinajstić information content (AvgIpc) is 2.07. The molecule has 1 aromatic carbocycles. The predicted octanol–water partition coefficient (Wildman–Crippen LogP) is 1.23. The summed E-state index contributed by atoms with van der Waals surface area (Å²) in [4.78, 5) is 20.7. The number of hydrogen-bond acceptors (Lipinski definition) is 3. The molecule has 0 aliphatic rings. The van der Waals surface area contributed by atoms with Crippen LogP contribution in [0.4, 0.5) is 5.69 Å². The Morgan fingerprint density at radius 1 is 1.57 bits per heavy atom. The minimum absolute atomic E-state index is 0.0595. The van der Waals surface area contributed by atoms with E-state index < -0.39 is 10.8 Å². The van der Waals surface area contributed by atoms with Crippen LogP contribution in [0.25, 0.3) is 0 Å². The Kier molecular flexibility index (Phi) is 3.39. The van der Waals surface area contributed by atoms with Crippen LogP contribution in [-0.4, -0.2) is 10.8 Å². The fraction of sp³-hybridized carbons (Fsp3) is 0.125. The van der Waals surface area contributed by atoms with Gasteiger partial charge in [0.25, 0.3) is 5.69 Å². The van der Waals surface area contributed by atoms with Gasteiger partial charge in [0.2, 0.25) is 5.91 Å². The maximum atomic E-state index is 10.6. The molecular weight excluding hydrogens is 299 g/mol. The van der Waals surface area contributed by atoms with Crippen molar-refractivity contribution in [2.75, 3.05) is 0 Å². The number of rotatable bonds is 3. The SMILES string of the molecule is NC(=O)Cc1ccc(I)cc1[N+](=O)[O-]. The van der Waals surface area contributed by atoms with Gasteiger partial charge >= 0.3 is 0 Å². The fourth-order valence-electron chi connectivity index (χ4n) is 1.04. The minimum Gasteiger partial charge on any atom is -0.369 e. The number of carbonyl (C=O) groups is 1. The number of halogens is 1. The number of nitrogens with zero attached hydrogens (tertiary/aromatic N) is 1. The number of nitro benzene ring substituents is 1. The van der Waals surface area contributed by atoms with E-state index in [2.05, 4.69) is 0 Å². The Hall–Kier alpha value is -1.18. The lowest BCUT2D eigenvalue weighted by Gasteiger charge is -2.00. The first kappa shape index (κ1) is 10.9. The Bertz CT molecular complexity index is 392. The molecule has 0 heterocycles. The third kappa shape index (κ3) is 2.66. The molecule has 5 nitrogen and oxygen atoms in total. The summed E-state index contributed by atoms with van der Waals surface area (Å²) < 4.78 is 0.752. The molecule has 0 aliphatic heterocycles. The monoisotopic (exact) mass is 306 g/mol. The van der Waals surface area contributed by atoms with Crippen LogP contribution in [0.5, 0.6) is 0 Å². The summed E-state index contributed by atoms with van der Waals surface area (Å²) >= 11 is 1.97. The molecule has 6 heteroatoms. The van der Waals surface area contributed by atoms with Crippen molar-refractivity contribution in [2.45, 2.75) is 6.42 Å². The molecule has 14 heavy (non-hydrogen) atoms. The van der Waals surface area contributed by atoms with Crippen molar-refractivity contribution in [1.29, 1.82) is 0 Å². The molecule has 0 atom stereocenters. The third-order valence-electron chi connectivity index (χ3n) is 1.61. The highest BCUT2D eigenvalue weighted by molar-refractivity contribution is 14.1. The lowest BCUT2D eigenvalue weighted by molar-refractivity contribution is -0.385. The summed E-state index contributed by atoms with van der Waals surface area (Å²) in [7, 11) is 0. The third-order valence-corrected chi connectivity index (χ3v) is 2.28. The number of amides is 1. The van der Waals surface area contributed by atoms with Crippen molar-refractivity contribution in [3.05, 3.63) is 37.4 Å². The van der Waals surface area contributed by atoms with E-state index in [9.17, 15) is 14.9 Å². The van der Waals surface area contributed by atoms with E-state index in [-0.39, 0.29) is 12.1 Å². The first-order chi connectivity index (χ1) is 6.50. The lowest BCUT2D eigenvalue weighted by Crippen LogP contribution is -2.14. The summed E-state index contributed by atoms with van der Waals surface area (Å²) in [6.45, 7) is 0. The Morgan fingerprint density at radius 2 is 2.21 bits per heavy atom. The molecule has 1 rings (SSSR count). The van der Waals surface area contributed by atoms with Crippen LogP contribution < -0.4 is 5.73 Å². The van der Waals surface area contributed by atoms with Gasteiger partial charge in [-0.3, -0.25) is 14.9 Å². The summed E-state index contributed by atoms with van der Waals surface area (Å²) in [6.07, 6.45) is -0.104. The maximum absolute atomic E-state index is 10.6. The van der Waals surface area contributed by atoms with E-state index in [0.29, 0.717) is 5.56 Å². The predicted molar refractivity (Wildman–Crippen MR) is 58.7 cm³/mol. The molecule has 1 aromatic rings. The maximum Gasteiger partial charge on any atom is 0.274 e. The first-order valence-electron chi connectivity index (χ1n) is 3.72. The average molecular weight is 306 g/mol. The lowest BCUT2D eigenvalue weighted by atomic mass is 10.1. The zero-order valence-electron chi connectivity index (χ0n) is 7.07. The number of carbonyl (C=O) groups excluding carboxylic acids is 1. The van der Waals surface area contributed by atoms with E-state index in [1.165, 1.54) is 6.07 Å². The quantitative estimate of drug-likeness (QED) is 0.517. The van der Waals surface area contributed by atoms with Gasteiger partial charge in [-0.25, -0.2) is 0 Å². The van der Waals surface area contributed by atoms with Crippen LogP contribution in [-0.2, 0) is 11.2 Å². The standard InChI is InChI=1S/C8H7IN2O3/c9-6-2-1-5(3-8(10)12)7(4-6)11(13)14/h1-2,4H,3H2,(H2,10,12). The van der Waals surface area contributed by atoms with E-state index in [0.717, 1.165) is 3.57 Å². The van der Waals surface area contributed by atoms with Crippen molar-refractivity contribution in [3.63, 3.8) is 0 Å². The minimum atomic E-state index is -0.575. The van der Waals surface area contributed by atoms with Gasteiger partial charge in [0.15, 0.2) is 0 Å². The Morgan fingerprint density at radius 3 is 2.71 bits per heavy atom. The van der Waals surface area contributed by atoms with Gasteiger partial charge < -0.3 is 5.73 Å². The van der Waals surface area contributed by atoms with Crippen LogP contribution in [0.15, 0.2) is 18.2 Å². The van der Waals surface area contributed by atoms with Gasteiger partial charge in [0, 0.05) is 15.2 Å². The zero-order chi connectivity index (χ0) is 10.7. The number of nitro groups is 1. The molecule has 0 bridgehead atoms. The molecular formula is C8H7IN2O3. The van der Waals surface area contributed by atoms with Crippen molar-refractivity contribution in [3.8, 4) is 0 Å². The number of primary amides is 1. The van der Waals surface area contributed by atoms with Gasteiger partial charge in [-0.05, 0) is 28.7 Å². The van der Waals surface area contributed by atoms with Crippen molar-refractivity contribution >= 4 is 34.2 Å². The fourth-order valence-corrected chi connectivity index (χ4v) is 1.52. The molecule has 0 fully saturated rings. The molecule has 0 aliphatic carbocycles. The van der Waals surface area contributed by atoms with E-state index in [1.54, 1.807) is 12.1 Å². The largest absolute Gasteiger partial charge is 0.369 e. The van der Waals surface area contributed by atoms with Crippen LogP contribution >= 0.6 is 22.6 Å². The highest BCUT2D eigenvalue weighted by Crippen LogP contribution is 2.21. The second-order valence-electron chi connectivity index (χ2n) is 2.67. The molecule has 0 saturated heterocycles. The van der Waals surface area contributed by atoms with E-state index in [1.807, 2.05) is 22.6 Å². The number of nitrogens with two attached hydrogens (primary N) is 1. The topological polar surface area (TPSA) is 86.2 Å². The number of hydrogen-bond donors (Lipinski definition) is 1. The highest BCUT2D eigenvalue weighted by atomic mass is 127. The van der Waals surface area contributed by atoms with Crippen molar-refractivity contribution in [2.24, 2.45) is 5.73 Å². The molecule has 0 saturated carbocycles. The second-order valence-corrected chi connectivity index (χ2v) is 3.92. The van der Waals surface area contributed by atoms with Crippen molar-refractivity contribution in [1.82, 2.24) is 0 Å². The summed E-state index contributed by atoms with van der Waals surface area (Å²) in [5.74, 6) is -0.575. The summed E-state index contributed by atoms with van der Waals surface area (Å²) in [5, 5.41) is 10.6. The second kappa shape index (κ2) is 4.36. The molecule has 2 N–H and O–H groups in total. The van der Waals surface area contributed by atoms with Gasteiger partial charge in [-0.2, -0.15) is 0 Å². The van der Waals surface area contributed by atoms with Crippen molar-refractivity contribution < 1.29 is 9.72 Å². The Balaban J connectivity index is 3.14. The Labute approximate surface area is 93.6 Å². The van der Waals surface area contributed by atoms with Crippen LogP contribution in [0.3, 0.4) is 0 Å². The molecule has 74 valence electrons. The summed E-state index contributed by atoms with van der Waals surface area (Å²) in [5.41, 5.74) is 5.26. The van der Waals surface area contributed by atoms with Gasteiger partial charge in [0.05, 0.1) is 11.3 Å². The van der Waals surface area contributed by atoms with Gasteiger partial charge in [-0.15, -0.1) is 0 Å². The van der Waals surface area contributed by atoms with Crippen LogP contribution in [0.2, 0.25) is 0 Å².